The average Bonchev–Trinajstić information content (AvgIpc) is 2.94. The second-order valence-electron chi connectivity index (χ2n) is 5.97. The summed E-state index contributed by atoms with van der Waals surface area (Å²) < 4.78 is 0. The Bertz CT molecular complexity index is 358. The van der Waals surface area contributed by atoms with E-state index in [9.17, 15) is 9.59 Å². The van der Waals surface area contributed by atoms with Crippen LogP contribution in [0.1, 0.15) is 32.6 Å². The molecule has 1 saturated heterocycles. The van der Waals surface area contributed by atoms with E-state index >= 15 is 0 Å². The number of primary amides is 1. The molecular weight excluding hydrogens is 230 g/mol. The molecule has 2 fully saturated rings. The molecule has 1 heterocycles. The van der Waals surface area contributed by atoms with Gasteiger partial charge in [-0.25, -0.2) is 0 Å². The van der Waals surface area contributed by atoms with Crippen molar-refractivity contribution in [3.63, 3.8) is 0 Å². The molecule has 1 aliphatic carbocycles. The predicted molar refractivity (Wildman–Crippen MR) is 68.4 cm³/mol. The first-order chi connectivity index (χ1) is 8.48. The number of rotatable bonds is 3. The molecule has 0 aromatic rings. The molecule has 2 aliphatic rings. The van der Waals surface area contributed by atoms with Crippen LogP contribution in [0, 0.1) is 17.3 Å². The molecule has 2 amide bonds. The third kappa shape index (κ3) is 2.23. The summed E-state index contributed by atoms with van der Waals surface area (Å²) in [6.45, 7) is 3.54. The molecule has 5 nitrogen and oxygen atoms in total. The Morgan fingerprint density at radius 3 is 2.67 bits per heavy atom. The average molecular weight is 253 g/mol. The van der Waals surface area contributed by atoms with E-state index in [1.165, 1.54) is 0 Å². The predicted octanol–water partition coefficient (Wildman–Crippen LogP) is 0.0853. The molecule has 3 unspecified atom stereocenters. The van der Waals surface area contributed by atoms with E-state index in [1.54, 1.807) is 0 Å². The maximum atomic E-state index is 12.4. The third-order valence-corrected chi connectivity index (χ3v) is 4.66. The Morgan fingerprint density at radius 1 is 1.39 bits per heavy atom. The summed E-state index contributed by atoms with van der Waals surface area (Å²) in [5, 5.41) is 0. The largest absolute Gasteiger partial charge is 0.369 e. The minimum Gasteiger partial charge on any atom is -0.369 e. The van der Waals surface area contributed by atoms with Crippen molar-refractivity contribution < 1.29 is 9.59 Å². The second-order valence-corrected chi connectivity index (χ2v) is 5.97. The molecule has 4 N–H and O–H groups in total. The van der Waals surface area contributed by atoms with Crippen molar-refractivity contribution in [3.8, 4) is 0 Å². The van der Waals surface area contributed by atoms with Crippen molar-refractivity contribution in [2.75, 3.05) is 19.6 Å². The van der Waals surface area contributed by atoms with Crippen LogP contribution < -0.4 is 11.5 Å². The fourth-order valence-electron chi connectivity index (χ4n) is 3.23. The summed E-state index contributed by atoms with van der Waals surface area (Å²) in [5.74, 6) is 0.246. The van der Waals surface area contributed by atoms with Crippen molar-refractivity contribution in [1.29, 1.82) is 0 Å². The Balaban J connectivity index is 2.01. The fraction of sp³-hybridized carbons (Fsp3) is 0.846. The zero-order valence-electron chi connectivity index (χ0n) is 11.0. The van der Waals surface area contributed by atoms with Gasteiger partial charge in [0.1, 0.15) is 0 Å². The normalized spacial score (nSPS) is 36.0. The lowest BCUT2D eigenvalue weighted by Gasteiger charge is -2.26. The summed E-state index contributed by atoms with van der Waals surface area (Å²) in [5.41, 5.74) is 10.6. The van der Waals surface area contributed by atoms with Crippen LogP contribution in [0.25, 0.3) is 0 Å². The van der Waals surface area contributed by atoms with E-state index in [1.807, 2.05) is 11.8 Å². The van der Waals surface area contributed by atoms with Gasteiger partial charge in [0.05, 0.1) is 5.41 Å². The highest BCUT2D eigenvalue weighted by atomic mass is 16.2. The van der Waals surface area contributed by atoms with Crippen LogP contribution in [0.3, 0.4) is 0 Å². The molecular formula is C13H23N3O2. The van der Waals surface area contributed by atoms with Gasteiger partial charge in [-0.2, -0.15) is 0 Å². The zero-order chi connectivity index (χ0) is 13.3. The first kappa shape index (κ1) is 13.3. The van der Waals surface area contributed by atoms with Gasteiger partial charge in [-0.3, -0.25) is 9.59 Å². The van der Waals surface area contributed by atoms with Gasteiger partial charge in [-0.1, -0.05) is 6.42 Å². The van der Waals surface area contributed by atoms with Crippen LogP contribution in [-0.4, -0.2) is 36.3 Å². The Kier molecular flexibility index (Phi) is 3.61. The summed E-state index contributed by atoms with van der Waals surface area (Å²) in [7, 11) is 0. The van der Waals surface area contributed by atoms with Gasteiger partial charge in [0.15, 0.2) is 0 Å². The topological polar surface area (TPSA) is 89.4 Å². The Morgan fingerprint density at radius 2 is 2.11 bits per heavy atom. The molecule has 1 saturated carbocycles. The first-order valence-corrected chi connectivity index (χ1v) is 6.77. The minimum atomic E-state index is -0.549. The second kappa shape index (κ2) is 4.88. The van der Waals surface area contributed by atoms with E-state index in [2.05, 4.69) is 0 Å². The maximum absolute atomic E-state index is 12.4. The highest BCUT2D eigenvalue weighted by Gasteiger charge is 2.43. The van der Waals surface area contributed by atoms with E-state index in [0.717, 1.165) is 19.3 Å². The number of hydrogen-bond acceptors (Lipinski definition) is 3. The molecule has 0 spiro atoms. The van der Waals surface area contributed by atoms with Gasteiger partial charge in [-0.05, 0) is 38.6 Å². The van der Waals surface area contributed by atoms with Gasteiger partial charge in [0.2, 0.25) is 11.8 Å². The summed E-state index contributed by atoms with van der Waals surface area (Å²) >= 11 is 0. The van der Waals surface area contributed by atoms with E-state index in [0.29, 0.717) is 32.0 Å². The monoisotopic (exact) mass is 253 g/mol. The lowest BCUT2D eigenvalue weighted by atomic mass is 9.89. The van der Waals surface area contributed by atoms with Crippen molar-refractivity contribution in [3.05, 3.63) is 0 Å². The van der Waals surface area contributed by atoms with Crippen molar-refractivity contribution in [1.82, 2.24) is 4.90 Å². The molecule has 0 aromatic carbocycles. The molecule has 0 aromatic heterocycles. The van der Waals surface area contributed by atoms with Crippen molar-refractivity contribution >= 4 is 11.8 Å². The molecule has 5 heteroatoms. The van der Waals surface area contributed by atoms with Crippen LogP contribution in [0.5, 0.6) is 0 Å². The Hall–Kier alpha value is -1.10. The molecule has 2 rings (SSSR count). The Labute approximate surface area is 108 Å². The number of hydrogen-bond donors (Lipinski definition) is 2. The standard InChI is InChI=1S/C13H23N3O2/c1-13(12(15)18)5-6-16(8-13)11(17)10-4-2-3-9(10)7-14/h9-10H,2-8,14H2,1H3,(H2,15,18). The number of amides is 2. The van der Waals surface area contributed by atoms with Crippen LogP contribution >= 0.6 is 0 Å². The van der Waals surface area contributed by atoms with Gasteiger partial charge >= 0.3 is 0 Å². The van der Waals surface area contributed by atoms with E-state index in [-0.39, 0.29) is 17.7 Å². The molecule has 0 bridgehead atoms. The number of nitrogens with zero attached hydrogens (tertiary/aromatic N) is 1. The molecule has 0 radical (unpaired) electrons. The van der Waals surface area contributed by atoms with Gasteiger partial charge in [0, 0.05) is 19.0 Å². The van der Waals surface area contributed by atoms with Crippen LogP contribution in [0.15, 0.2) is 0 Å². The smallest absolute Gasteiger partial charge is 0.226 e. The van der Waals surface area contributed by atoms with Crippen molar-refractivity contribution in [2.45, 2.75) is 32.6 Å². The highest BCUT2D eigenvalue weighted by molar-refractivity contribution is 5.84. The highest BCUT2D eigenvalue weighted by Crippen LogP contribution is 2.36. The van der Waals surface area contributed by atoms with Gasteiger partial charge in [0.25, 0.3) is 0 Å². The lowest BCUT2D eigenvalue weighted by Crippen LogP contribution is -2.41. The quantitative estimate of drug-likeness (QED) is 0.746. The third-order valence-electron chi connectivity index (χ3n) is 4.66. The maximum Gasteiger partial charge on any atom is 0.226 e. The fourth-order valence-corrected chi connectivity index (χ4v) is 3.23. The summed E-state index contributed by atoms with van der Waals surface area (Å²) in [6, 6.07) is 0. The summed E-state index contributed by atoms with van der Waals surface area (Å²) in [4.78, 5) is 25.7. The van der Waals surface area contributed by atoms with Crippen LogP contribution in [0.4, 0.5) is 0 Å². The summed E-state index contributed by atoms with van der Waals surface area (Å²) in [6.07, 6.45) is 3.74. The molecule has 102 valence electrons. The zero-order valence-corrected chi connectivity index (χ0v) is 11.0. The molecule has 3 atom stereocenters. The SMILES string of the molecule is CC1(C(N)=O)CCN(C(=O)C2CCCC2CN)C1. The lowest BCUT2D eigenvalue weighted by molar-refractivity contribution is -0.136. The molecule has 18 heavy (non-hydrogen) atoms. The van der Waals surface area contributed by atoms with Crippen molar-refractivity contribution in [2.24, 2.45) is 28.7 Å². The first-order valence-electron chi connectivity index (χ1n) is 6.77. The van der Waals surface area contributed by atoms with Gasteiger partial charge < -0.3 is 16.4 Å². The van der Waals surface area contributed by atoms with Crippen LogP contribution in [-0.2, 0) is 9.59 Å². The number of carbonyl (C=O) groups is 2. The van der Waals surface area contributed by atoms with E-state index < -0.39 is 5.41 Å². The minimum absolute atomic E-state index is 0.0604. The molecule has 1 aliphatic heterocycles. The van der Waals surface area contributed by atoms with E-state index in [4.69, 9.17) is 11.5 Å². The number of carbonyl (C=O) groups excluding carboxylic acids is 2. The number of nitrogens with two attached hydrogens (primary N) is 2. The van der Waals surface area contributed by atoms with Crippen LogP contribution in [0.2, 0.25) is 0 Å². The number of likely N-dealkylation sites (tertiary alicyclic amines) is 1. The van der Waals surface area contributed by atoms with Gasteiger partial charge in [-0.15, -0.1) is 0 Å².